The number of amides is 2. The number of benzene rings is 1. The van der Waals surface area contributed by atoms with Gasteiger partial charge in [0, 0.05) is 7.05 Å². The van der Waals surface area contributed by atoms with Crippen molar-refractivity contribution < 1.29 is 9.59 Å². The molecule has 0 heterocycles. The fourth-order valence-electron chi connectivity index (χ4n) is 1.17. The van der Waals surface area contributed by atoms with E-state index in [-0.39, 0.29) is 24.2 Å². The minimum Gasteiger partial charge on any atom is -0.355 e. The summed E-state index contributed by atoms with van der Waals surface area (Å²) < 4.78 is 0. The van der Waals surface area contributed by atoms with Gasteiger partial charge in [-0.3, -0.25) is 9.59 Å². The van der Waals surface area contributed by atoms with Crippen LogP contribution in [0.1, 0.15) is 17.3 Å². The van der Waals surface area contributed by atoms with Gasteiger partial charge in [-0.1, -0.05) is 12.1 Å². The van der Waals surface area contributed by atoms with E-state index in [0.717, 1.165) is 0 Å². The first-order valence-electron chi connectivity index (χ1n) is 4.93. The van der Waals surface area contributed by atoms with E-state index in [1.54, 1.807) is 31.2 Å². The summed E-state index contributed by atoms with van der Waals surface area (Å²) in [5, 5.41) is 5.10. The zero-order valence-corrected chi connectivity index (χ0v) is 10.5. The lowest BCUT2D eigenvalue weighted by molar-refractivity contribution is -0.117. The predicted octanol–water partition coefficient (Wildman–Crippen LogP) is 0.754. The molecule has 0 fully saturated rings. The van der Waals surface area contributed by atoms with Crippen LogP contribution < -0.4 is 16.4 Å². The number of nitrogens with two attached hydrogens (primary N) is 1. The van der Waals surface area contributed by atoms with Crippen LogP contribution in [0.2, 0.25) is 0 Å². The molecule has 1 rings (SSSR count). The minimum absolute atomic E-state index is 0. The number of hydrogen-bond donors (Lipinski definition) is 3. The van der Waals surface area contributed by atoms with Crippen LogP contribution in [0, 0.1) is 0 Å². The van der Waals surface area contributed by atoms with Crippen LogP contribution in [0.4, 0.5) is 5.69 Å². The van der Waals surface area contributed by atoms with Crippen molar-refractivity contribution in [3.8, 4) is 0 Å². The lowest BCUT2D eigenvalue weighted by atomic mass is 10.1. The molecule has 0 spiro atoms. The molecule has 1 aromatic rings. The molecule has 0 saturated carbocycles. The Bertz CT molecular complexity index is 407. The van der Waals surface area contributed by atoms with Gasteiger partial charge in [-0.2, -0.15) is 0 Å². The predicted molar refractivity (Wildman–Crippen MR) is 69.4 cm³/mol. The fraction of sp³-hybridized carbons (Fsp3) is 0.273. The number of carbonyl (C=O) groups excluding carboxylic acids is 2. The van der Waals surface area contributed by atoms with Gasteiger partial charge < -0.3 is 16.4 Å². The smallest absolute Gasteiger partial charge is 0.253 e. The number of rotatable bonds is 3. The Labute approximate surface area is 106 Å². The first-order valence-corrected chi connectivity index (χ1v) is 4.93. The highest BCUT2D eigenvalue weighted by atomic mass is 35.5. The number of halogens is 1. The largest absolute Gasteiger partial charge is 0.355 e. The standard InChI is InChI=1S/C11H15N3O2.ClH/c1-7(12)10(15)14-9-6-4-3-5-8(9)11(16)13-2;/h3-7H,12H2,1-2H3,(H,13,16)(H,14,15);1H/t7-;/m1./s1. The van der Waals surface area contributed by atoms with Gasteiger partial charge in [0.2, 0.25) is 5.91 Å². The van der Waals surface area contributed by atoms with E-state index in [0.29, 0.717) is 11.3 Å². The van der Waals surface area contributed by atoms with Crippen molar-refractivity contribution >= 4 is 29.9 Å². The Morgan fingerprint density at radius 1 is 1.29 bits per heavy atom. The second-order valence-corrected chi connectivity index (χ2v) is 3.40. The van der Waals surface area contributed by atoms with Gasteiger partial charge in [0.1, 0.15) is 0 Å². The third kappa shape index (κ3) is 4.05. The molecule has 0 bridgehead atoms. The maximum Gasteiger partial charge on any atom is 0.253 e. The summed E-state index contributed by atoms with van der Waals surface area (Å²) in [5.41, 5.74) is 6.31. The average Bonchev–Trinajstić information content (AvgIpc) is 2.28. The Morgan fingerprint density at radius 3 is 2.41 bits per heavy atom. The van der Waals surface area contributed by atoms with Gasteiger partial charge in [-0.25, -0.2) is 0 Å². The molecule has 94 valence electrons. The van der Waals surface area contributed by atoms with Crippen molar-refractivity contribution in [2.45, 2.75) is 13.0 Å². The van der Waals surface area contributed by atoms with E-state index in [4.69, 9.17) is 5.73 Å². The van der Waals surface area contributed by atoms with Crippen LogP contribution in [0.25, 0.3) is 0 Å². The summed E-state index contributed by atoms with van der Waals surface area (Å²) in [7, 11) is 1.53. The lowest BCUT2D eigenvalue weighted by Crippen LogP contribution is -2.33. The average molecular weight is 258 g/mol. The van der Waals surface area contributed by atoms with Gasteiger partial charge in [0.25, 0.3) is 5.91 Å². The van der Waals surface area contributed by atoms with Crippen LogP contribution in [0.3, 0.4) is 0 Å². The number of para-hydroxylation sites is 1. The quantitative estimate of drug-likeness (QED) is 0.747. The van der Waals surface area contributed by atoms with Crippen molar-refractivity contribution in [1.29, 1.82) is 0 Å². The van der Waals surface area contributed by atoms with Crippen LogP contribution in [-0.4, -0.2) is 24.9 Å². The molecule has 6 heteroatoms. The molecule has 2 amide bonds. The molecule has 1 atom stereocenters. The van der Waals surface area contributed by atoms with Crippen LogP contribution >= 0.6 is 12.4 Å². The maximum atomic E-state index is 11.5. The van der Waals surface area contributed by atoms with Gasteiger partial charge in [-0.15, -0.1) is 12.4 Å². The Balaban J connectivity index is 0.00000256. The lowest BCUT2D eigenvalue weighted by Gasteiger charge is -2.11. The van der Waals surface area contributed by atoms with Crippen molar-refractivity contribution in [3.63, 3.8) is 0 Å². The second kappa shape index (κ2) is 6.88. The van der Waals surface area contributed by atoms with Crippen LogP contribution in [-0.2, 0) is 4.79 Å². The van der Waals surface area contributed by atoms with Crippen LogP contribution in [0.15, 0.2) is 24.3 Å². The molecule has 5 nitrogen and oxygen atoms in total. The highest BCUT2D eigenvalue weighted by molar-refractivity contribution is 6.04. The highest BCUT2D eigenvalue weighted by Crippen LogP contribution is 2.14. The van der Waals surface area contributed by atoms with E-state index >= 15 is 0 Å². The third-order valence-electron chi connectivity index (χ3n) is 2.07. The molecular weight excluding hydrogens is 242 g/mol. The van der Waals surface area contributed by atoms with Gasteiger partial charge in [0.15, 0.2) is 0 Å². The molecular formula is C11H16ClN3O2. The zero-order chi connectivity index (χ0) is 12.1. The Hall–Kier alpha value is -1.59. The first-order chi connectivity index (χ1) is 7.56. The molecule has 0 aliphatic rings. The molecule has 0 aromatic heterocycles. The topological polar surface area (TPSA) is 84.2 Å². The summed E-state index contributed by atoms with van der Waals surface area (Å²) in [4.78, 5) is 22.9. The molecule has 17 heavy (non-hydrogen) atoms. The van der Waals surface area contributed by atoms with Gasteiger partial charge >= 0.3 is 0 Å². The van der Waals surface area contributed by atoms with E-state index in [9.17, 15) is 9.59 Å². The van der Waals surface area contributed by atoms with Gasteiger partial charge in [-0.05, 0) is 19.1 Å². The molecule has 0 aliphatic heterocycles. The molecule has 0 unspecified atom stereocenters. The number of carbonyl (C=O) groups is 2. The third-order valence-corrected chi connectivity index (χ3v) is 2.07. The molecule has 0 saturated heterocycles. The highest BCUT2D eigenvalue weighted by Gasteiger charge is 2.13. The summed E-state index contributed by atoms with van der Waals surface area (Å²) in [6.45, 7) is 1.58. The van der Waals surface area contributed by atoms with E-state index in [1.165, 1.54) is 7.05 Å². The van der Waals surface area contributed by atoms with E-state index in [1.807, 2.05) is 0 Å². The molecule has 0 aliphatic carbocycles. The first kappa shape index (κ1) is 15.4. The Morgan fingerprint density at radius 2 is 1.88 bits per heavy atom. The monoisotopic (exact) mass is 257 g/mol. The number of hydrogen-bond acceptors (Lipinski definition) is 3. The zero-order valence-electron chi connectivity index (χ0n) is 9.69. The van der Waals surface area contributed by atoms with E-state index in [2.05, 4.69) is 10.6 Å². The number of nitrogens with one attached hydrogen (secondary N) is 2. The maximum absolute atomic E-state index is 11.5. The second-order valence-electron chi connectivity index (χ2n) is 3.40. The fourth-order valence-corrected chi connectivity index (χ4v) is 1.17. The van der Waals surface area contributed by atoms with Crippen molar-refractivity contribution in [3.05, 3.63) is 29.8 Å². The molecule has 4 N–H and O–H groups in total. The summed E-state index contributed by atoms with van der Waals surface area (Å²) in [6, 6.07) is 6.15. The summed E-state index contributed by atoms with van der Waals surface area (Å²) in [6.07, 6.45) is 0. The van der Waals surface area contributed by atoms with Gasteiger partial charge in [0.05, 0.1) is 17.3 Å². The van der Waals surface area contributed by atoms with E-state index < -0.39 is 6.04 Å². The van der Waals surface area contributed by atoms with Crippen molar-refractivity contribution in [2.24, 2.45) is 5.73 Å². The SMILES string of the molecule is CNC(=O)c1ccccc1NC(=O)[C@@H](C)N.Cl. The van der Waals surface area contributed by atoms with Crippen molar-refractivity contribution in [1.82, 2.24) is 5.32 Å². The number of anilines is 1. The summed E-state index contributed by atoms with van der Waals surface area (Å²) in [5.74, 6) is -0.572. The normalized spacial score (nSPS) is 11.0. The Kier molecular flexibility index (Phi) is 6.23. The summed E-state index contributed by atoms with van der Waals surface area (Å²) >= 11 is 0. The molecule has 1 aromatic carbocycles. The van der Waals surface area contributed by atoms with Crippen molar-refractivity contribution in [2.75, 3.05) is 12.4 Å². The molecule has 0 radical (unpaired) electrons. The van der Waals surface area contributed by atoms with Crippen LogP contribution in [0.5, 0.6) is 0 Å². The minimum atomic E-state index is -0.613.